The highest BCUT2D eigenvalue weighted by Crippen LogP contribution is 2.23. The van der Waals surface area contributed by atoms with Crippen molar-refractivity contribution in [3.63, 3.8) is 0 Å². The molecule has 1 atom stereocenters. The summed E-state index contributed by atoms with van der Waals surface area (Å²) in [6.45, 7) is 1.70. The maximum atomic E-state index is 11.3. The maximum Gasteiger partial charge on any atom is 0.310 e. The summed E-state index contributed by atoms with van der Waals surface area (Å²) >= 11 is 0. The number of hydrogen-bond donors (Lipinski definition) is 1. The Balaban J connectivity index is 2.16. The zero-order chi connectivity index (χ0) is 16.5. The van der Waals surface area contributed by atoms with E-state index in [2.05, 4.69) is 0 Å². The van der Waals surface area contributed by atoms with Gasteiger partial charge in [-0.05, 0) is 23.6 Å². The van der Waals surface area contributed by atoms with Gasteiger partial charge in [-0.1, -0.05) is 91.0 Å². The molecule has 116 valence electrons. The first-order chi connectivity index (χ1) is 11.2. The zero-order valence-corrected chi connectivity index (χ0v) is 13.1. The molecule has 0 heterocycles. The second-order valence-corrected chi connectivity index (χ2v) is 5.20. The quantitative estimate of drug-likeness (QED) is 0.757. The Morgan fingerprint density at radius 2 is 1.52 bits per heavy atom. The predicted molar refractivity (Wildman–Crippen MR) is 95.8 cm³/mol. The second kappa shape index (κ2) is 8.54. The molecule has 0 saturated carbocycles. The fraction of sp³-hybridized carbons (Fsp3) is 0.0952. The van der Waals surface area contributed by atoms with Crippen molar-refractivity contribution in [1.82, 2.24) is 0 Å². The normalized spacial score (nSPS) is 13.5. The summed E-state index contributed by atoms with van der Waals surface area (Å²) in [6, 6.07) is 19.6. The van der Waals surface area contributed by atoms with Gasteiger partial charge in [-0.15, -0.1) is 0 Å². The maximum absolute atomic E-state index is 11.3. The van der Waals surface area contributed by atoms with E-state index in [0.717, 1.165) is 16.7 Å². The van der Waals surface area contributed by atoms with Crippen molar-refractivity contribution in [1.29, 1.82) is 0 Å². The number of allylic oxidation sites excluding steroid dienone is 4. The molecular weight excluding hydrogens is 284 g/mol. The highest BCUT2D eigenvalue weighted by atomic mass is 16.4. The summed E-state index contributed by atoms with van der Waals surface area (Å²) in [5, 5.41) is 9.29. The number of carbonyl (C=O) groups is 1. The van der Waals surface area contributed by atoms with Crippen LogP contribution in [-0.2, 0) is 4.79 Å². The fourth-order valence-corrected chi connectivity index (χ4v) is 2.21. The third-order valence-corrected chi connectivity index (χ3v) is 3.53. The summed E-state index contributed by atoms with van der Waals surface area (Å²) in [6.07, 6.45) is 9.60. The summed E-state index contributed by atoms with van der Waals surface area (Å²) in [5.74, 6) is -1.38. The van der Waals surface area contributed by atoms with Gasteiger partial charge in [0.15, 0.2) is 0 Å². The van der Waals surface area contributed by atoms with E-state index in [1.165, 1.54) is 0 Å². The number of benzene rings is 2. The second-order valence-electron chi connectivity index (χ2n) is 5.20. The lowest BCUT2D eigenvalue weighted by atomic mass is 9.93. The van der Waals surface area contributed by atoms with E-state index in [1.54, 1.807) is 6.92 Å². The van der Waals surface area contributed by atoms with Crippen LogP contribution in [0.3, 0.4) is 0 Å². The van der Waals surface area contributed by atoms with E-state index >= 15 is 0 Å². The van der Waals surface area contributed by atoms with Crippen molar-refractivity contribution in [3.05, 3.63) is 96.1 Å². The van der Waals surface area contributed by atoms with E-state index in [4.69, 9.17) is 0 Å². The van der Waals surface area contributed by atoms with Gasteiger partial charge in [0.05, 0.1) is 5.92 Å². The molecule has 0 aliphatic heterocycles. The van der Waals surface area contributed by atoms with Crippen LogP contribution in [0.25, 0.3) is 11.6 Å². The molecule has 0 aromatic heterocycles. The van der Waals surface area contributed by atoms with Crippen molar-refractivity contribution in [2.45, 2.75) is 6.92 Å². The molecule has 2 rings (SSSR count). The van der Waals surface area contributed by atoms with Crippen LogP contribution < -0.4 is 0 Å². The third kappa shape index (κ3) is 5.11. The van der Waals surface area contributed by atoms with Crippen LogP contribution >= 0.6 is 0 Å². The molecule has 0 fully saturated rings. The van der Waals surface area contributed by atoms with E-state index in [-0.39, 0.29) is 0 Å². The Hall–Kier alpha value is -2.87. The Morgan fingerprint density at radius 3 is 2.13 bits per heavy atom. The van der Waals surface area contributed by atoms with Gasteiger partial charge in [-0.2, -0.15) is 0 Å². The Bertz CT molecular complexity index is 710. The molecule has 0 aliphatic carbocycles. The standard InChI is InChI=1S/C21H20O2/c1-17(21(22)23)20(19-14-8-4-9-15-19)16-10-3-7-13-18-11-5-2-6-12-18/h2-17H,1H3,(H,22,23). The number of hydrogen-bond acceptors (Lipinski definition) is 1. The SMILES string of the molecule is CC(C(=O)O)C(=CC=CC=Cc1ccccc1)c1ccccc1. The average molecular weight is 304 g/mol. The average Bonchev–Trinajstić information content (AvgIpc) is 2.59. The van der Waals surface area contributed by atoms with Crippen LogP contribution in [0.15, 0.2) is 85.0 Å². The lowest BCUT2D eigenvalue weighted by Crippen LogP contribution is -2.11. The lowest BCUT2D eigenvalue weighted by molar-refractivity contribution is -0.139. The zero-order valence-electron chi connectivity index (χ0n) is 13.1. The van der Waals surface area contributed by atoms with Crippen LogP contribution in [0, 0.1) is 5.92 Å². The molecule has 0 radical (unpaired) electrons. The van der Waals surface area contributed by atoms with Crippen LogP contribution in [0.4, 0.5) is 0 Å². The molecule has 23 heavy (non-hydrogen) atoms. The molecule has 2 heteroatoms. The molecule has 2 nitrogen and oxygen atoms in total. The molecule has 0 amide bonds. The van der Waals surface area contributed by atoms with Crippen molar-refractivity contribution >= 4 is 17.6 Å². The van der Waals surface area contributed by atoms with Crippen LogP contribution in [0.2, 0.25) is 0 Å². The molecule has 0 spiro atoms. The molecular formula is C21H20O2. The molecule has 0 bridgehead atoms. The van der Waals surface area contributed by atoms with Crippen LogP contribution in [0.5, 0.6) is 0 Å². The number of carboxylic acids is 1. The summed E-state index contributed by atoms with van der Waals surface area (Å²) < 4.78 is 0. The van der Waals surface area contributed by atoms with Gasteiger partial charge < -0.3 is 5.11 Å². The van der Waals surface area contributed by atoms with Gasteiger partial charge in [-0.3, -0.25) is 4.79 Å². The smallest absolute Gasteiger partial charge is 0.310 e. The summed E-state index contributed by atoms with van der Waals surface area (Å²) in [5.41, 5.74) is 2.85. The number of aliphatic carboxylic acids is 1. The van der Waals surface area contributed by atoms with Crippen molar-refractivity contribution in [2.75, 3.05) is 0 Å². The van der Waals surface area contributed by atoms with Crippen molar-refractivity contribution < 1.29 is 9.90 Å². The minimum absolute atomic E-state index is 0.555. The van der Waals surface area contributed by atoms with Gasteiger partial charge in [0.1, 0.15) is 0 Å². The number of rotatable bonds is 6. The highest BCUT2D eigenvalue weighted by molar-refractivity contribution is 5.87. The van der Waals surface area contributed by atoms with E-state index < -0.39 is 11.9 Å². The molecule has 0 saturated heterocycles. The summed E-state index contributed by atoms with van der Waals surface area (Å²) in [4.78, 5) is 11.3. The first-order valence-corrected chi connectivity index (χ1v) is 7.56. The van der Waals surface area contributed by atoms with Crippen molar-refractivity contribution in [2.24, 2.45) is 5.92 Å². The van der Waals surface area contributed by atoms with Gasteiger partial charge >= 0.3 is 5.97 Å². The first-order valence-electron chi connectivity index (χ1n) is 7.56. The van der Waals surface area contributed by atoms with Crippen LogP contribution in [0.1, 0.15) is 18.1 Å². The molecule has 0 aliphatic rings. The van der Waals surface area contributed by atoms with Gasteiger partial charge in [0.2, 0.25) is 0 Å². The Labute approximate surface area is 137 Å². The lowest BCUT2D eigenvalue weighted by Gasteiger charge is -2.11. The largest absolute Gasteiger partial charge is 0.481 e. The van der Waals surface area contributed by atoms with Gasteiger partial charge in [0.25, 0.3) is 0 Å². The number of carboxylic acid groups (broad SMARTS) is 1. The third-order valence-electron chi connectivity index (χ3n) is 3.53. The van der Waals surface area contributed by atoms with Gasteiger partial charge in [0, 0.05) is 0 Å². The van der Waals surface area contributed by atoms with E-state index in [1.807, 2.05) is 91.0 Å². The van der Waals surface area contributed by atoms with E-state index in [9.17, 15) is 9.90 Å². The molecule has 2 aromatic rings. The molecule has 1 N–H and O–H groups in total. The minimum Gasteiger partial charge on any atom is -0.481 e. The minimum atomic E-state index is -0.826. The fourth-order valence-electron chi connectivity index (χ4n) is 2.21. The molecule has 2 aromatic carbocycles. The Kier molecular flexibility index (Phi) is 6.13. The summed E-state index contributed by atoms with van der Waals surface area (Å²) in [7, 11) is 0. The monoisotopic (exact) mass is 304 g/mol. The van der Waals surface area contributed by atoms with Crippen molar-refractivity contribution in [3.8, 4) is 0 Å². The molecule has 1 unspecified atom stereocenters. The predicted octanol–water partition coefficient (Wildman–Crippen LogP) is 5.06. The van der Waals surface area contributed by atoms with E-state index in [0.29, 0.717) is 0 Å². The Morgan fingerprint density at radius 1 is 0.913 bits per heavy atom. The topological polar surface area (TPSA) is 37.3 Å². The van der Waals surface area contributed by atoms with Gasteiger partial charge in [-0.25, -0.2) is 0 Å². The first kappa shape index (κ1) is 16.5. The highest BCUT2D eigenvalue weighted by Gasteiger charge is 2.17. The van der Waals surface area contributed by atoms with Crippen LogP contribution in [-0.4, -0.2) is 11.1 Å².